The number of carbonyl (C=O) groups is 1. The third kappa shape index (κ3) is 4.49. The first-order valence-corrected chi connectivity index (χ1v) is 8.67. The molecule has 0 saturated heterocycles. The molecule has 0 aliphatic heterocycles. The van der Waals surface area contributed by atoms with E-state index in [9.17, 15) is 9.90 Å². The van der Waals surface area contributed by atoms with E-state index in [1.54, 1.807) is 18.9 Å². The molecule has 2 rings (SSSR count). The molecule has 0 radical (unpaired) electrons. The van der Waals surface area contributed by atoms with Crippen LogP contribution in [0.5, 0.6) is 5.75 Å². The van der Waals surface area contributed by atoms with Crippen molar-refractivity contribution in [2.24, 2.45) is 0 Å². The number of H-pyrrole nitrogens is 1. The number of nitrogens with zero attached hydrogens (tertiary/aromatic N) is 1. The fraction of sp³-hybridized carbons (Fsp3) is 0.375. The SMILES string of the molecule is COc1ccc(-c2[nH]ncc2C(=O)N[C@H](CO)CCSC)cc1. The summed E-state index contributed by atoms with van der Waals surface area (Å²) in [5, 5.41) is 19.1. The van der Waals surface area contributed by atoms with E-state index in [4.69, 9.17) is 4.74 Å². The molecule has 0 spiro atoms. The zero-order valence-electron chi connectivity index (χ0n) is 13.2. The second-order valence-corrected chi connectivity index (χ2v) is 6.01. The topological polar surface area (TPSA) is 87.2 Å². The lowest BCUT2D eigenvalue weighted by atomic mass is 10.1. The Morgan fingerprint density at radius 2 is 2.17 bits per heavy atom. The number of aromatic amines is 1. The second-order valence-electron chi connectivity index (χ2n) is 5.02. The van der Waals surface area contributed by atoms with Crippen molar-refractivity contribution in [1.82, 2.24) is 15.5 Å². The summed E-state index contributed by atoms with van der Waals surface area (Å²) in [4.78, 5) is 12.4. The minimum Gasteiger partial charge on any atom is -0.497 e. The van der Waals surface area contributed by atoms with Crippen LogP contribution in [0.25, 0.3) is 11.3 Å². The fourth-order valence-corrected chi connectivity index (χ4v) is 2.69. The van der Waals surface area contributed by atoms with Gasteiger partial charge in [-0.25, -0.2) is 0 Å². The van der Waals surface area contributed by atoms with E-state index >= 15 is 0 Å². The Kier molecular flexibility index (Phi) is 6.49. The molecule has 0 saturated carbocycles. The Bertz CT molecular complexity index is 628. The molecule has 0 unspecified atom stereocenters. The van der Waals surface area contributed by atoms with Crippen LogP contribution in [0, 0.1) is 0 Å². The van der Waals surface area contributed by atoms with Gasteiger partial charge in [0.05, 0.1) is 37.2 Å². The normalized spacial score (nSPS) is 12.0. The van der Waals surface area contributed by atoms with Crippen LogP contribution < -0.4 is 10.1 Å². The Balaban J connectivity index is 2.14. The number of aliphatic hydroxyl groups is 1. The molecule has 2 aromatic rings. The minimum absolute atomic E-state index is 0.0813. The van der Waals surface area contributed by atoms with Crippen molar-refractivity contribution in [3.8, 4) is 17.0 Å². The molecule has 1 atom stereocenters. The van der Waals surface area contributed by atoms with Crippen molar-refractivity contribution in [3.63, 3.8) is 0 Å². The molecule has 23 heavy (non-hydrogen) atoms. The van der Waals surface area contributed by atoms with Crippen LogP contribution in [-0.2, 0) is 0 Å². The van der Waals surface area contributed by atoms with Crippen LogP contribution >= 0.6 is 11.8 Å². The standard InChI is InChI=1S/C16H21N3O3S/c1-22-13-5-3-11(4-6-13)15-14(9-17-19-15)16(21)18-12(10-20)7-8-23-2/h3-6,9,12,20H,7-8,10H2,1-2H3,(H,17,19)(H,18,21)/t12-/m0/s1. The van der Waals surface area contributed by atoms with Crippen molar-refractivity contribution in [3.05, 3.63) is 36.0 Å². The number of carbonyl (C=O) groups excluding carboxylic acids is 1. The first-order chi connectivity index (χ1) is 11.2. The van der Waals surface area contributed by atoms with Gasteiger partial charge in [0.1, 0.15) is 5.75 Å². The average molecular weight is 335 g/mol. The van der Waals surface area contributed by atoms with Gasteiger partial charge in [0, 0.05) is 5.56 Å². The van der Waals surface area contributed by atoms with Crippen molar-refractivity contribution in [2.45, 2.75) is 12.5 Å². The van der Waals surface area contributed by atoms with E-state index in [0.717, 1.165) is 23.5 Å². The van der Waals surface area contributed by atoms with Gasteiger partial charge in [-0.05, 0) is 42.7 Å². The number of aliphatic hydroxyl groups excluding tert-OH is 1. The molecule has 7 heteroatoms. The number of aromatic nitrogens is 2. The number of benzene rings is 1. The molecule has 1 aromatic heterocycles. The average Bonchev–Trinajstić information content (AvgIpc) is 3.08. The van der Waals surface area contributed by atoms with Crippen LogP contribution in [0.15, 0.2) is 30.5 Å². The largest absolute Gasteiger partial charge is 0.497 e. The molecule has 1 amide bonds. The molecule has 0 bridgehead atoms. The molecular weight excluding hydrogens is 314 g/mol. The summed E-state index contributed by atoms with van der Waals surface area (Å²) in [6.07, 6.45) is 4.21. The summed E-state index contributed by atoms with van der Waals surface area (Å²) >= 11 is 1.68. The third-order valence-electron chi connectivity index (χ3n) is 3.49. The molecule has 124 valence electrons. The summed E-state index contributed by atoms with van der Waals surface area (Å²) in [5.74, 6) is 1.38. The third-order valence-corrected chi connectivity index (χ3v) is 4.13. The van der Waals surface area contributed by atoms with Gasteiger partial charge >= 0.3 is 0 Å². The lowest BCUT2D eigenvalue weighted by Crippen LogP contribution is -2.38. The van der Waals surface area contributed by atoms with Gasteiger partial charge in [0.25, 0.3) is 5.91 Å². The van der Waals surface area contributed by atoms with Gasteiger partial charge in [-0.3, -0.25) is 9.89 Å². The minimum atomic E-state index is -0.256. The molecule has 6 nitrogen and oxygen atoms in total. The maximum absolute atomic E-state index is 12.4. The highest BCUT2D eigenvalue weighted by molar-refractivity contribution is 7.98. The van der Waals surface area contributed by atoms with Crippen LogP contribution in [0.3, 0.4) is 0 Å². The Morgan fingerprint density at radius 1 is 1.43 bits per heavy atom. The zero-order valence-corrected chi connectivity index (χ0v) is 14.0. The second kappa shape index (κ2) is 8.59. The lowest BCUT2D eigenvalue weighted by Gasteiger charge is -2.15. The molecule has 0 fully saturated rings. The maximum Gasteiger partial charge on any atom is 0.255 e. The van der Waals surface area contributed by atoms with Gasteiger partial charge in [-0.2, -0.15) is 16.9 Å². The number of ether oxygens (including phenoxy) is 1. The number of methoxy groups -OCH3 is 1. The van der Waals surface area contributed by atoms with E-state index in [0.29, 0.717) is 11.3 Å². The van der Waals surface area contributed by atoms with Crippen molar-refractivity contribution in [2.75, 3.05) is 25.7 Å². The predicted octanol–water partition coefficient (Wildman–Crippen LogP) is 1.93. The van der Waals surface area contributed by atoms with Gasteiger partial charge in [-0.15, -0.1) is 0 Å². The molecule has 1 aromatic carbocycles. The van der Waals surface area contributed by atoms with Gasteiger partial charge in [-0.1, -0.05) is 0 Å². The van der Waals surface area contributed by atoms with E-state index in [1.165, 1.54) is 6.20 Å². The molecular formula is C16H21N3O3S. The predicted molar refractivity (Wildman–Crippen MR) is 91.9 cm³/mol. The quantitative estimate of drug-likeness (QED) is 0.686. The van der Waals surface area contributed by atoms with Gasteiger partial charge in [0.2, 0.25) is 0 Å². The Hall–Kier alpha value is -1.99. The smallest absolute Gasteiger partial charge is 0.255 e. The summed E-state index contributed by atoms with van der Waals surface area (Å²) in [7, 11) is 1.60. The highest BCUT2D eigenvalue weighted by atomic mass is 32.2. The van der Waals surface area contributed by atoms with Crippen LogP contribution in [0.4, 0.5) is 0 Å². The van der Waals surface area contributed by atoms with Crippen molar-refractivity contribution >= 4 is 17.7 Å². The first-order valence-electron chi connectivity index (χ1n) is 7.28. The Labute approximate surface area is 139 Å². The van der Waals surface area contributed by atoms with E-state index in [1.807, 2.05) is 30.5 Å². The maximum atomic E-state index is 12.4. The summed E-state index contributed by atoms with van der Waals surface area (Å²) in [6, 6.07) is 7.12. The summed E-state index contributed by atoms with van der Waals surface area (Å²) in [6.45, 7) is -0.0813. The Morgan fingerprint density at radius 3 is 2.78 bits per heavy atom. The van der Waals surface area contributed by atoms with E-state index in [2.05, 4.69) is 15.5 Å². The number of thioether (sulfide) groups is 1. The molecule has 0 aliphatic carbocycles. The highest BCUT2D eigenvalue weighted by Gasteiger charge is 2.18. The highest BCUT2D eigenvalue weighted by Crippen LogP contribution is 2.23. The summed E-state index contributed by atoms with van der Waals surface area (Å²) in [5.41, 5.74) is 1.95. The zero-order chi connectivity index (χ0) is 16.7. The lowest BCUT2D eigenvalue weighted by molar-refractivity contribution is 0.0916. The molecule has 3 N–H and O–H groups in total. The molecule has 1 heterocycles. The van der Waals surface area contributed by atoms with E-state index < -0.39 is 0 Å². The number of hydrogen-bond donors (Lipinski definition) is 3. The van der Waals surface area contributed by atoms with Crippen LogP contribution in [0.1, 0.15) is 16.8 Å². The number of rotatable bonds is 8. The summed E-state index contributed by atoms with van der Waals surface area (Å²) < 4.78 is 5.13. The molecule has 0 aliphatic rings. The monoisotopic (exact) mass is 335 g/mol. The van der Waals surface area contributed by atoms with E-state index in [-0.39, 0.29) is 18.6 Å². The van der Waals surface area contributed by atoms with Crippen molar-refractivity contribution in [1.29, 1.82) is 0 Å². The number of amides is 1. The van der Waals surface area contributed by atoms with Crippen molar-refractivity contribution < 1.29 is 14.6 Å². The number of hydrogen-bond acceptors (Lipinski definition) is 5. The van der Waals surface area contributed by atoms with Crippen LogP contribution in [-0.4, -0.2) is 53.0 Å². The number of nitrogens with one attached hydrogen (secondary N) is 2. The fourth-order valence-electron chi connectivity index (χ4n) is 2.17. The first kappa shape index (κ1) is 17.4. The van der Waals surface area contributed by atoms with Crippen LogP contribution in [0.2, 0.25) is 0 Å². The van der Waals surface area contributed by atoms with Gasteiger partial charge < -0.3 is 15.2 Å². The van der Waals surface area contributed by atoms with Gasteiger partial charge in [0.15, 0.2) is 0 Å².